The normalized spacial score (nSPS) is 11.9. The van der Waals surface area contributed by atoms with Crippen molar-refractivity contribution in [3.8, 4) is 5.75 Å². The third kappa shape index (κ3) is 8.12. The number of hydrogen-bond acceptors (Lipinski definition) is 5. The van der Waals surface area contributed by atoms with E-state index in [0.717, 1.165) is 29.5 Å². The molecule has 3 aromatic carbocycles. The molecule has 3 rings (SSSR count). The van der Waals surface area contributed by atoms with Gasteiger partial charge in [0, 0.05) is 13.1 Å². The van der Waals surface area contributed by atoms with E-state index in [-0.39, 0.29) is 17.3 Å². The second kappa shape index (κ2) is 15.4. The monoisotopic (exact) mass is 593 g/mol. The zero-order valence-electron chi connectivity index (χ0n) is 25.3. The fraction of sp³-hybridized carbons (Fsp3) is 0.394. The van der Waals surface area contributed by atoms with Crippen molar-refractivity contribution in [3.63, 3.8) is 0 Å². The maximum absolute atomic E-state index is 14.2. The van der Waals surface area contributed by atoms with Gasteiger partial charge < -0.3 is 15.0 Å². The van der Waals surface area contributed by atoms with Gasteiger partial charge in [-0.25, -0.2) is 8.42 Å². The molecule has 226 valence electrons. The minimum atomic E-state index is -4.12. The summed E-state index contributed by atoms with van der Waals surface area (Å²) in [7, 11) is -2.54. The van der Waals surface area contributed by atoms with Crippen molar-refractivity contribution >= 4 is 27.5 Å². The number of para-hydroxylation sites is 1. The summed E-state index contributed by atoms with van der Waals surface area (Å²) in [6.45, 7) is 7.91. The quantitative estimate of drug-likeness (QED) is 0.235. The van der Waals surface area contributed by atoms with Crippen LogP contribution >= 0.6 is 0 Å². The Hall–Kier alpha value is -3.85. The number of nitrogens with zero attached hydrogens (tertiary/aromatic N) is 2. The van der Waals surface area contributed by atoms with E-state index in [1.54, 1.807) is 55.6 Å². The molecule has 8 nitrogen and oxygen atoms in total. The minimum Gasteiger partial charge on any atom is -0.497 e. The molecule has 0 bridgehead atoms. The first-order chi connectivity index (χ1) is 20.2. The largest absolute Gasteiger partial charge is 0.497 e. The molecule has 9 heteroatoms. The van der Waals surface area contributed by atoms with Gasteiger partial charge in [0.25, 0.3) is 10.0 Å². The lowest BCUT2D eigenvalue weighted by atomic mass is 10.1. The number of benzene rings is 3. The first kappa shape index (κ1) is 32.7. The lowest BCUT2D eigenvalue weighted by Crippen LogP contribution is -2.52. The van der Waals surface area contributed by atoms with E-state index in [1.807, 2.05) is 52.0 Å². The van der Waals surface area contributed by atoms with Crippen LogP contribution in [0.3, 0.4) is 0 Å². The molecule has 1 atom stereocenters. The number of carbonyl (C=O) groups is 2. The van der Waals surface area contributed by atoms with Gasteiger partial charge in [-0.3, -0.25) is 13.9 Å². The van der Waals surface area contributed by atoms with E-state index in [2.05, 4.69) is 5.32 Å². The predicted molar refractivity (Wildman–Crippen MR) is 167 cm³/mol. The molecule has 3 aromatic rings. The minimum absolute atomic E-state index is 0.0952. The molecular formula is C33H43N3O5S. The van der Waals surface area contributed by atoms with Crippen LogP contribution in [0.2, 0.25) is 0 Å². The molecule has 0 aliphatic carbocycles. The Bertz CT molecular complexity index is 1420. The van der Waals surface area contributed by atoms with E-state index < -0.39 is 28.5 Å². The van der Waals surface area contributed by atoms with Crippen LogP contribution in [0.1, 0.15) is 56.7 Å². The fourth-order valence-electron chi connectivity index (χ4n) is 4.76. The van der Waals surface area contributed by atoms with E-state index in [9.17, 15) is 18.0 Å². The van der Waals surface area contributed by atoms with Gasteiger partial charge in [0.2, 0.25) is 11.8 Å². The SMILES string of the molecule is CCCCNC(=O)[C@@H](CC)N(Cc1ccc(OC)cc1)C(=O)CN(c1ccccc1CC)S(=O)(=O)c1ccc(C)cc1. The summed E-state index contributed by atoms with van der Waals surface area (Å²) in [4.78, 5) is 29.2. The molecule has 0 aromatic heterocycles. The molecule has 0 heterocycles. The van der Waals surface area contributed by atoms with Gasteiger partial charge in [0.15, 0.2) is 0 Å². The van der Waals surface area contributed by atoms with Crippen LogP contribution in [-0.4, -0.2) is 51.4 Å². The highest BCUT2D eigenvalue weighted by molar-refractivity contribution is 7.92. The lowest BCUT2D eigenvalue weighted by molar-refractivity contribution is -0.140. The maximum atomic E-state index is 14.2. The summed E-state index contributed by atoms with van der Waals surface area (Å²) in [5.41, 5.74) is 2.97. The summed E-state index contributed by atoms with van der Waals surface area (Å²) < 4.78 is 34.7. The molecule has 0 saturated carbocycles. The third-order valence-electron chi connectivity index (χ3n) is 7.26. The Morgan fingerprint density at radius 3 is 2.19 bits per heavy atom. The third-order valence-corrected chi connectivity index (χ3v) is 9.03. The van der Waals surface area contributed by atoms with Gasteiger partial charge in [0.1, 0.15) is 18.3 Å². The smallest absolute Gasteiger partial charge is 0.264 e. The van der Waals surface area contributed by atoms with Crippen molar-refractivity contribution in [3.05, 3.63) is 89.5 Å². The summed E-state index contributed by atoms with van der Waals surface area (Å²) >= 11 is 0. The van der Waals surface area contributed by atoms with Gasteiger partial charge >= 0.3 is 0 Å². The number of sulfonamides is 1. The number of hydrogen-bond donors (Lipinski definition) is 1. The molecular weight excluding hydrogens is 550 g/mol. The molecule has 0 aliphatic rings. The number of amides is 2. The van der Waals surface area contributed by atoms with E-state index in [4.69, 9.17) is 4.74 Å². The van der Waals surface area contributed by atoms with Crippen LogP contribution in [0.15, 0.2) is 77.7 Å². The Kier molecular flexibility index (Phi) is 12.0. The van der Waals surface area contributed by atoms with Crippen molar-refractivity contribution in [1.82, 2.24) is 10.2 Å². The molecule has 0 fully saturated rings. The Morgan fingerprint density at radius 2 is 1.60 bits per heavy atom. The average Bonchev–Trinajstić information content (AvgIpc) is 3.00. The number of ether oxygens (including phenoxy) is 1. The van der Waals surface area contributed by atoms with Gasteiger partial charge in [-0.15, -0.1) is 0 Å². The molecule has 0 saturated heterocycles. The van der Waals surface area contributed by atoms with Crippen LogP contribution in [0.25, 0.3) is 0 Å². The highest BCUT2D eigenvalue weighted by Gasteiger charge is 2.34. The summed E-state index contributed by atoms with van der Waals surface area (Å²) in [6.07, 6.45) is 2.70. The summed E-state index contributed by atoms with van der Waals surface area (Å²) in [5, 5.41) is 2.95. The fourth-order valence-corrected chi connectivity index (χ4v) is 6.21. The zero-order valence-corrected chi connectivity index (χ0v) is 26.1. The van der Waals surface area contributed by atoms with Gasteiger partial charge in [-0.2, -0.15) is 0 Å². The van der Waals surface area contributed by atoms with Crippen LogP contribution in [0, 0.1) is 6.92 Å². The molecule has 2 amide bonds. The standard InChI is InChI=1S/C33H43N3O5S/c1-6-9-22-34-33(38)30(8-3)35(23-26-16-18-28(41-5)19-17-26)32(37)24-36(31-13-11-10-12-27(31)7-2)42(39,40)29-20-14-25(4)15-21-29/h10-21,30H,6-9,22-24H2,1-5H3,(H,34,38)/t30-/m1/s1. The van der Waals surface area contributed by atoms with Gasteiger partial charge in [0.05, 0.1) is 17.7 Å². The van der Waals surface area contributed by atoms with E-state index in [1.165, 1.54) is 9.21 Å². The first-order valence-electron chi connectivity index (χ1n) is 14.5. The summed E-state index contributed by atoms with van der Waals surface area (Å²) in [6, 6.07) is 20.3. The Labute approximate surface area is 250 Å². The Balaban J connectivity index is 2.06. The van der Waals surface area contributed by atoms with E-state index in [0.29, 0.717) is 30.8 Å². The predicted octanol–water partition coefficient (Wildman–Crippen LogP) is 5.49. The van der Waals surface area contributed by atoms with Crippen molar-refractivity contribution in [2.75, 3.05) is 24.5 Å². The van der Waals surface area contributed by atoms with Crippen molar-refractivity contribution in [2.45, 2.75) is 70.9 Å². The number of methoxy groups -OCH3 is 1. The topological polar surface area (TPSA) is 96.0 Å². The van der Waals surface area contributed by atoms with Gasteiger partial charge in [-0.05, 0) is 67.6 Å². The molecule has 0 aliphatic heterocycles. The lowest BCUT2D eigenvalue weighted by Gasteiger charge is -2.33. The average molecular weight is 594 g/mol. The second-order valence-electron chi connectivity index (χ2n) is 10.2. The number of nitrogens with one attached hydrogen (secondary N) is 1. The number of rotatable bonds is 15. The zero-order chi connectivity index (χ0) is 30.7. The number of unbranched alkanes of at least 4 members (excludes halogenated alkanes) is 1. The first-order valence-corrected chi connectivity index (χ1v) is 16.0. The molecule has 0 unspecified atom stereocenters. The molecule has 0 spiro atoms. The summed E-state index contributed by atoms with van der Waals surface area (Å²) in [5.74, 6) is -0.0490. The highest BCUT2D eigenvalue weighted by Crippen LogP contribution is 2.28. The number of carbonyl (C=O) groups excluding carboxylic acids is 2. The molecule has 0 radical (unpaired) electrons. The van der Waals surface area contributed by atoms with E-state index >= 15 is 0 Å². The van der Waals surface area contributed by atoms with Crippen LogP contribution < -0.4 is 14.4 Å². The van der Waals surface area contributed by atoms with Crippen molar-refractivity contribution < 1.29 is 22.7 Å². The second-order valence-corrected chi connectivity index (χ2v) is 12.1. The highest BCUT2D eigenvalue weighted by atomic mass is 32.2. The molecule has 1 N–H and O–H groups in total. The van der Waals surface area contributed by atoms with Crippen LogP contribution in [0.4, 0.5) is 5.69 Å². The van der Waals surface area contributed by atoms with Crippen LogP contribution in [-0.2, 0) is 32.6 Å². The van der Waals surface area contributed by atoms with Crippen molar-refractivity contribution in [1.29, 1.82) is 0 Å². The number of aryl methyl sites for hydroxylation is 2. The number of anilines is 1. The Morgan fingerprint density at radius 1 is 0.929 bits per heavy atom. The molecule has 42 heavy (non-hydrogen) atoms. The van der Waals surface area contributed by atoms with Crippen molar-refractivity contribution in [2.24, 2.45) is 0 Å². The van der Waals surface area contributed by atoms with Gasteiger partial charge in [-0.1, -0.05) is 75.2 Å². The maximum Gasteiger partial charge on any atom is 0.264 e. The van der Waals surface area contributed by atoms with Crippen LogP contribution in [0.5, 0.6) is 5.75 Å².